The van der Waals surface area contributed by atoms with Gasteiger partial charge in [-0.2, -0.15) is 5.10 Å². The standard InChI is InChI=1S/C21H31N5O/c1-15-5-3-4-9-25(15)10-6-17-7-11-26(12-8-17)21(27)18-13-19-16(2)23-24-20(19)22-14-18/h13-15,17H,3-12H2,1-2H3,(H,22,23,24). The van der Waals surface area contributed by atoms with Crippen molar-refractivity contribution < 1.29 is 4.79 Å². The van der Waals surface area contributed by atoms with Crippen molar-refractivity contribution in [1.29, 1.82) is 0 Å². The van der Waals surface area contributed by atoms with Crippen LogP contribution in [0.2, 0.25) is 0 Å². The number of amides is 1. The van der Waals surface area contributed by atoms with Gasteiger partial charge in [0.2, 0.25) is 0 Å². The first-order chi connectivity index (χ1) is 13.1. The molecular weight excluding hydrogens is 338 g/mol. The lowest BCUT2D eigenvalue weighted by molar-refractivity contribution is 0.0673. The normalized spacial score (nSPS) is 22.4. The van der Waals surface area contributed by atoms with Gasteiger partial charge in [-0.25, -0.2) is 4.98 Å². The number of aryl methyl sites for hydroxylation is 1. The lowest BCUT2D eigenvalue weighted by Gasteiger charge is -2.36. The monoisotopic (exact) mass is 369 g/mol. The lowest BCUT2D eigenvalue weighted by atomic mass is 9.92. The van der Waals surface area contributed by atoms with E-state index >= 15 is 0 Å². The molecule has 2 aromatic heterocycles. The second-order valence-electron chi connectivity index (χ2n) is 8.35. The van der Waals surface area contributed by atoms with Crippen molar-refractivity contribution in [1.82, 2.24) is 25.0 Å². The molecule has 2 saturated heterocycles. The topological polar surface area (TPSA) is 65.1 Å². The smallest absolute Gasteiger partial charge is 0.255 e. The van der Waals surface area contributed by atoms with Crippen LogP contribution >= 0.6 is 0 Å². The molecule has 27 heavy (non-hydrogen) atoms. The minimum Gasteiger partial charge on any atom is -0.339 e. The molecule has 4 rings (SSSR count). The molecule has 0 bridgehead atoms. The summed E-state index contributed by atoms with van der Waals surface area (Å²) in [5.74, 6) is 0.855. The van der Waals surface area contributed by atoms with Crippen LogP contribution in [0.3, 0.4) is 0 Å². The van der Waals surface area contributed by atoms with E-state index < -0.39 is 0 Å². The Morgan fingerprint density at radius 1 is 1.22 bits per heavy atom. The van der Waals surface area contributed by atoms with Crippen LogP contribution in [0.4, 0.5) is 0 Å². The Kier molecular flexibility index (Phi) is 5.43. The fourth-order valence-electron chi connectivity index (χ4n) is 4.58. The summed E-state index contributed by atoms with van der Waals surface area (Å²) in [6, 6.07) is 2.67. The summed E-state index contributed by atoms with van der Waals surface area (Å²) >= 11 is 0. The molecule has 1 unspecified atom stereocenters. The number of hydrogen-bond donors (Lipinski definition) is 1. The molecule has 0 spiro atoms. The molecule has 2 fully saturated rings. The predicted octanol–water partition coefficient (Wildman–Crippen LogP) is 3.38. The van der Waals surface area contributed by atoms with E-state index in [9.17, 15) is 4.79 Å². The van der Waals surface area contributed by atoms with Gasteiger partial charge in [-0.05, 0) is 71.0 Å². The summed E-state index contributed by atoms with van der Waals surface area (Å²) in [6.45, 7) is 8.54. The molecule has 6 nitrogen and oxygen atoms in total. The summed E-state index contributed by atoms with van der Waals surface area (Å²) < 4.78 is 0. The number of likely N-dealkylation sites (tertiary alicyclic amines) is 2. The van der Waals surface area contributed by atoms with Gasteiger partial charge in [0.15, 0.2) is 5.65 Å². The Morgan fingerprint density at radius 3 is 2.81 bits per heavy atom. The van der Waals surface area contributed by atoms with Crippen molar-refractivity contribution in [2.75, 3.05) is 26.2 Å². The van der Waals surface area contributed by atoms with Crippen molar-refractivity contribution in [3.8, 4) is 0 Å². The average molecular weight is 370 g/mol. The molecule has 4 heterocycles. The summed E-state index contributed by atoms with van der Waals surface area (Å²) in [4.78, 5) is 21.9. The van der Waals surface area contributed by atoms with Crippen LogP contribution in [0.15, 0.2) is 12.3 Å². The van der Waals surface area contributed by atoms with E-state index in [0.717, 1.165) is 49.0 Å². The Hall–Kier alpha value is -1.95. The van der Waals surface area contributed by atoms with Crippen LogP contribution < -0.4 is 0 Å². The van der Waals surface area contributed by atoms with Crippen LogP contribution in [-0.2, 0) is 0 Å². The highest BCUT2D eigenvalue weighted by molar-refractivity contribution is 5.97. The SMILES string of the molecule is Cc1[nH]nc2ncc(C(=O)N3CCC(CCN4CCCCC4C)CC3)cc12. The molecule has 0 aliphatic carbocycles. The average Bonchev–Trinajstić information content (AvgIpc) is 3.07. The van der Waals surface area contributed by atoms with E-state index in [0.29, 0.717) is 11.2 Å². The molecule has 146 valence electrons. The number of nitrogens with zero attached hydrogens (tertiary/aromatic N) is 4. The largest absolute Gasteiger partial charge is 0.339 e. The maximum Gasteiger partial charge on any atom is 0.255 e. The predicted molar refractivity (Wildman–Crippen MR) is 107 cm³/mol. The maximum atomic E-state index is 12.9. The second-order valence-corrected chi connectivity index (χ2v) is 8.35. The molecular formula is C21H31N5O. The maximum absolute atomic E-state index is 12.9. The molecule has 1 N–H and O–H groups in total. The highest BCUT2D eigenvalue weighted by atomic mass is 16.2. The number of rotatable bonds is 4. The van der Waals surface area contributed by atoms with Crippen molar-refractivity contribution in [3.05, 3.63) is 23.5 Å². The van der Waals surface area contributed by atoms with Crippen molar-refractivity contribution in [2.24, 2.45) is 5.92 Å². The number of piperidine rings is 2. The van der Waals surface area contributed by atoms with E-state index in [1.807, 2.05) is 17.9 Å². The van der Waals surface area contributed by atoms with E-state index in [1.54, 1.807) is 6.20 Å². The zero-order chi connectivity index (χ0) is 18.8. The highest BCUT2D eigenvalue weighted by Gasteiger charge is 2.25. The quantitative estimate of drug-likeness (QED) is 0.897. The van der Waals surface area contributed by atoms with Crippen molar-refractivity contribution >= 4 is 16.9 Å². The molecule has 2 aliphatic heterocycles. The molecule has 6 heteroatoms. The highest BCUT2D eigenvalue weighted by Crippen LogP contribution is 2.25. The molecule has 2 aliphatic rings. The zero-order valence-electron chi connectivity index (χ0n) is 16.6. The van der Waals surface area contributed by atoms with Gasteiger partial charge in [-0.15, -0.1) is 0 Å². The summed E-state index contributed by atoms with van der Waals surface area (Å²) in [5, 5.41) is 8.01. The first-order valence-corrected chi connectivity index (χ1v) is 10.5. The number of fused-ring (bicyclic) bond motifs is 1. The first kappa shape index (κ1) is 18.4. The minimum atomic E-state index is 0.105. The number of carbonyl (C=O) groups excluding carboxylic acids is 1. The van der Waals surface area contributed by atoms with Crippen LogP contribution in [0, 0.1) is 12.8 Å². The number of aromatic amines is 1. The fourth-order valence-corrected chi connectivity index (χ4v) is 4.58. The van der Waals surface area contributed by atoms with Crippen LogP contribution in [0.1, 0.15) is 61.5 Å². The Labute approximate surface area is 161 Å². The van der Waals surface area contributed by atoms with Gasteiger partial charge >= 0.3 is 0 Å². The fraction of sp³-hybridized carbons (Fsp3) is 0.667. The van der Waals surface area contributed by atoms with Gasteiger partial charge in [0.25, 0.3) is 5.91 Å². The third-order valence-electron chi connectivity index (χ3n) is 6.51. The summed E-state index contributed by atoms with van der Waals surface area (Å²) in [6.07, 6.45) is 9.26. The van der Waals surface area contributed by atoms with E-state index in [4.69, 9.17) is 0 Å². The van der Waals surface area contributed by atoms with Gasteiger partial charge in [-0.3, -0.25) is 9.89 Å². The first-order valence-electron chi connectivity index (χ1n) is 10.5. The molecule has 1 amide bonds. The van der Waals surface area contributed by atoms with Crippen molar-refractivity contribution in [3.63, 3.8) is 0 Å². The second kappa shape index (κ2) is 7.97. The number of carbonyl (C=O) groups is 1. The third kappa shape index (κ3) is 4.00. The Bertz CT molecular complexity index is 793. The third-order valence-corrected chi connectivity index (χ3v) is 6.51. The number of aromatic nitrogens is 3. The lowest BCUT2D eigenvalue weighted by Crippen LogP contribution is -2.41. The zero-order valence-corrected chi connectivity index (χ0v) is 16.6. The Balaban J connectivity index is 1.30. The van der Waals surface area contributed by atoms with Gasteiger partial charge < -0.3 is 9.80 Å². The van der Waals surface area contributed by atoms with Gasteiger partial charge in [-0.1, -0.05) is 6.42 Å². The number of hydrogen-bond acceptors (Lipinski definition) is 4. The number of pyridine rings is 1. The van der Waals surface area contributed by atoms with Crippen LogP contribution in [0.25, 0.3) is 11.0 Å². The number of nitrogens with one attached hydrogen (secondary N) is 1. The van der Waals surface area contributed by atoms with E-state index in [-0.39, 0.29) is 5.91 Å². The summed E-state index contributed by atoms with van der Waals surface area (Å²) in [7, 11) is 0. The Morgan fingerprint density at radius 2 is 2.04 bits per heavy atom. The molecule has 2 aromatic rings. The molecule has 0 aromatic carbocycles. The molecule has 0 saturated carbocycles. The van der Waals surface area contributed by atoms with Gasteiger partial charge in [0, 0.05) is 36.4 Å². The van der Waals surface area contributed by atoms with Crippen LogP contribution in [0.5, 0.6) is 0 Å². The van der Waals surface area contributed by atoms with E-state index in [1.165, 1.54) is 38.8 Å². The van der Waals surface area contributed by atoms with Gasteiger partial charge in [0.1, 0.15) is 0 Å². The van der Waals surface area contributed by atoms with E-state index in [2.05, 4.69) is 27.0 Å². The molecule has 1 atom stereocenters. The minimum absolute atomic E-state index is 0.105. The van der Waals surface area contributed by atoms with Gasteiger partial charge in [0.05, 0.1) is 5.56 Å². The van der Waals surface area contributed by atoms with Crippen LogP contribution in [-0.4, -0.2) is 63.1 Å². The summed E-state index contributed by atoms with van der Waals surface area (Å²) in [5.41, 5.74) is 2.31. The van der Waals surface area contributed by atoms with Crippen molar-refractivity contribution in [2.45, 2.75) is 58.4 Å². The number of H-pyrrole nitrogens is 1. The molecule has 0 radical (unpaired) electrons.